The lowest BCUT2D eigenvalue weighted by Crippen LogP contribution is -2.57. The molecule has 118 valence electrons. The van der Waals surface area contributed by atoms with Crippen LogP contribution in [0.25, 0.3) is 0 Å². The Bertz CT molecular complexity index is 631. The van der Waals surface area contributed by atoms with Crippen LogP contribution >= 0.6 is 11.3 Å². The second-order valence-corrected chi connectivity index (χ2v) is 9.42. The Morgan fingerprint density at radius 1 is 1.48 bits per heavy atom. The van der Waals surface area contributed by atoms with E-state index < -0.39 is 15.1 Å². The molecule has 0 spiro atoms. The van der Waals surface area contributed by atoms with Gasteiger partial charge in [-0.05, 0) is 19.3 Å². The Hall–Kier alpha value is -1.15. The van der Waals surface area contributed by atoms with Gasteiger partial charge in [0.2, 0.25) is 0 Å². The average Bonchev–Trinajstić information content (AvgIpc) is 2.52. The van der Waals surface area contributed by atoms with Gasteiger partial charge in [-0.3, -0.25) is 5.32 Å². The van der Waals surface area contributed by atoms with Gasteiger partial charge in [0.1, 0.15) is 5.00 Å². The predicted molar refractivity (Wildman–Crippen MR) is 84.6 cm³/mol. The number of anilines is 1. The highest BCUT2D eigenvalue weighted by molar-refractivity contribution is 7.91. The summed E-state index contributed by atoms with van der Waals surface area (Å²) in [6.45, 7) is 6.65. The zero-order valence-electron chi connectivity index (χ0n) is 12.7. The van der Waals surface area contributed by atoms with E-state index in [2.05, 4.69) is 24.1 Å². The molecule has 0 aliphatic carbocycles. The molecule has 2 rings (SSSR count). The summed E-state index contributed by atoms with van der Waals surface area (Å²) in [5.41, 5.74) is 0.904. The largest absolute Gasteiger partial charge is 0.322 e. The second kappa shape index (κ2) is 5.92. The van der Waals surface area contributed by atoms with E-state index in [1.165, 1.54) is 22.5 Å². The number of aromatic nitrogens is 1. The zero-order valence-corrected chi connectivity index (χ0v) is 14.3. The van der Waals surface area contributed by atoms with Crippen molar-refractivity contribution in [3.8, 4) is 0 Å². The van der Waals surface area contributed by atoms with Gasteiger partial charge < -0.3 is 4.90 Å². The van der Waals surface area contributed by atoms with Gasteiger partial charge in [-0.2, -0.15) is 0 Å². The fourth-order valence-electron chi connectivity index (χ4n) is 2.14. The number of carbonyl (C=O) groups is 1. The minimum atomic E-state index is -3.06. The monoisotopic (exact) mass is 331 g/mol. The van der Waals surface area contributed by atoms with E-state index >= 15 is 0 Å². The number of likely N-dealkylation sites (tertiary alicyclic amines) is 1. The maximum Gasteiger partial charge on any atom is 0.322 e. The molecule has 0 saturated carbocycles. The third-order valence-corrected chi connectivity index (χ3v) is 5.80. The van der Waals surface area contributed by atoms with Crippen molar-refractivity contribution < 1.29 is 13.2 Å². The molecule has 2 amide bonds. The van der Waals surface area contributed by atoms with Crippen molar-refractivity contribution in [2.75, 3.05) is 24.7 Å². The van der Waals surface area contributed by atoms with Crippen molar-refractivity contribution in [2.24, 2.45) is 5.92 Å². The Balaban J connectivity index is 1.98. The molecule has 0 unspecified atom stereocenters. The second-order valence-electron chi connectivity index (χ2n) is 5.89. The number of thiazole rings is 1. The first kappa shape index (κ1) is 16.2. The number of carbonyl (C=O) groups excluding carboxylic acids is 1. The van der Waals surface area contributed by atoms with Gasteiger partial charge in [0.15, 0.2) is 9.84 Å². The molecule has 1 aliphatic heterocycles. The van der Waals surface area contributed by atoms with E-state index in [1.807, 2.05) is 6.92 Å². The quantitative estimate of drug-likeness (QED) is 0.914. The van der Waals surface area contributed by atoms with E-state index in [-0.39, 0.29) is 19.1 Å². The molecule has 0 aromatic carbocycles. The summed E-state index contributed by atoms with van der Waals surface area (Å²) in [5, 5.41) is 4.12. The first-order valence-electron chi connectivity index (χ1n) is 6.88. The molecule has 0 radical (unpaired) electrons. The van der Waals surface area contributed by atoms with Crippen molar-refractivity contribution in [2.45, 2.75) is 32.4 Å². The van der Waals surface area contributed by atoms with Crippen LogP contribution in [0.2, 0.25) is 0 Å². The van der Waals surface area contributed by atoms with Crippen LogP contribution < -0.4 is 5.32 Å². The molecule has 21 heavy (non-hydrogen) atoms. The molecule has 0 atom stereocenters. The highest BCUT2D eigenvalue weighted by Crippen LogP contribution is 2.27. The van der Waals surface area contributed by atoms with Crippen LogP contribution in [0.3, 0.4) is 0 Å². The van der Waals surface area contributed by atoms with Gasteiger partial charge in [0, 0.05) is 19.3 Å². The first-order valence-corrected chi connectivity index (χ1v) is 9.65. The molecular weight excluding hydrogens is 310 g/mol. The van der Waals surface area contributed by atoms with Crippen molar-refractivity contribution >= 4 is 32.2 Å². The molecule has 8 heteroatoms. The van der Waals surface area contributed by atoms with Crippen molar-refractivity contribution in [1.82, 2.24) is 9.88 Å². The lowest BCUT2D eigenvalue weighted by Gasteiger charge is -2.37. The Labute approximate surface area is 129 Å². The molecule has 1 aromatic heterocycles. The lowest BCUT2D eigenvalue weighted by atomic mass is 10.1. The number of hydrogen-bond donors (Lipinski definition) is 1. The molecule has 6 nitrogen and oxygen atoms in total. The fourth-order valence-corrected chi connectivity index (χ4v) is 3.88. The maximum atomic E-state index is 12.1. The highest BCUT2D eigenvalue weighted by atomic mass is 32.2. The molecule has 0 bridgehead atoms. The summed E-state index contributed by atoms with van der Waals surface area (Å²) in [6, 6.07) is -0.247. The van der Waals surface area contributed by atoms with Crippen molar-refractivity contribution in [3.05, 3.63) is 10.7 Å². The summed E-state index contributed by atoms with van der Waals surface area (Å²) in [6.07, 6.45) is 2.02. The summed E-state index contributed by atoms with van der Waals surface area (Å²) >= 11 is 1.46. The number of rotatable bonds is 4. The SMILES string of the molecule is Cc1nc(CC(C)C)c(NC(=O)N2CC(S(C)(=O)=O)C2)s1. The number of amides is 2. The standard InChI is InChI=1S/C13H21N3O3S2/c1-8(2)5-11-12(20-9(3)14-11)15-13(17)16-6-10(7-16)21(4,18)19/h8,10H,5-7H2,1-4H3,(H,15,17). The third kappa shape index (κ3) is 3.94. The summed E-state index contributed by atoms with van der Waals surface area (Å²) in [5.74, 6) is 0.459. The van der Waals surface area contributed by atoms with Crippen LogP contribution in [0.15, 0.2) is 0 Å². The van der Waals surface area contributed by atoms with E-state index in [1.54, 1.807) is 0 Å². The average molecular weight is 331 g/mol. The van der Waals surface area contributed by atoms with E-state index in [9.17, 15) is 13.2 Å². The molecule has 1 fully saturated rings. The summed E-state index contributed by atoms with van der Waals surface area (Å²) in [7, 11) is -3.06. The minimum Gasteiger partial charge on any atom is -0.322 e. The third-order valence-electron chi connectivity index (χ3n) is 3.37. The molecule has 2 heterocycles. The number of hydrogen-bond acceptors (Lipinski definition) is 5. The number of nitrogens with zero attached hydrogens (tertiary/aromatic N) is 2. The van der Waals surface area contributed by atoms with Crippen molar-refractivity contribution in [3.63, 3.8) is 0 Å². The van der Waals surface area contributed by atoms with Gasteiger partial charge in [-0.15, -0.1) is 11.3 Å². The predicted octanol–water partition coefficient (Wildman–Crippen LogP) is 1.91. The lowest BCUT2D eigenvalue weighted by molar-refractivity contribution is 0.183. The van der Waals surface area contributed by atoms with Gasteiger partial charge in [-0.25, -0.2) is 18.2 Å². The van der Waals surface area contributed by atoms with Crippen LogP contribution in [0.4, 0.5) is 9.80 Å². The molecule has 1 N–H and O–H groups in total. The molecule has 1 aromatic rings. The van der Waals surface area contributed by atoms with Gasteiger partial charge in [0.05, 0.1) is 16.0 Å². The number of nitrogens with one attached hydrogen (secondary N) is 1. The Kier molecular flexibility index (Phi) is 4.57. The van der Waals surface area contributed by atoms with Gasteiger partial charge in [0.25, 0.3) is 0 Å². The zero-order chi connectivity index (χ0) is 15.8. The smallest absolute Gasteiger partial charge is 0.322 e. The highest BCUT2D eigenvalue weighted by Gasteiger charge is 2.37. The van der Waals surface area contributed by atoms with E-state index in [4.69, 9.17) is 0 Å². The number of sulfone groups is 1. The minimum absolute atomic E-state index is 0.247. The molecule has 1 saturated heterocycles. The Morgan fingerprint density at radius 3 is 2.62 bits per heavy atom. The number of urea groups is 1. The maximum absolute atomic E-state index is 12.1. The summed E-state index contributed by atoms with van der Waals surface area (Å²) in [4.78, 5) is 18.1. The van der Waals surface area contributed by atoms with Gasteiger partial charge in [-0.1, -0.05) is 13.8 Å². The van der Waals surface area contributed by atoms with Crippen LogP contribution in [0.5, 0.6) is 0 Å². The fraction of sp³-hybridized carbons (Fsp3) is 0.692. The van der Waals surface area contributed by atoms with Crippen molar-refractivity contribution in [1.29, 1.82) is 0 Å². The molecular formula is C13H21N3O3S2. The van der Waals surface area contributed by atoms with E-state index in [0.29, 0.717) is 5.92 Å². The topological polar surface area (TPSA) is 79.4 Å². The van der Waals surface area contributed by atoms with Crippen LogP contribution in [-0.2, 0) is 16.3 Å². The first-order chi connectivity index (χ1) is 9.66. The van der Waals surface area contributed by atoms with Crippen LogP contribution in [0, 0.1) is 12.8 Å². The van der Waals surface area contributed by atoms with Crippen LogP contribution in [0.1, 0.15) is 24.5 Å². The normalized spacial score (nSPS) is 16.1. The Morgan fingerprint density at radius 2 is 2.10 bits per heavy atom. The van der Waals surface area contributed by atoms with Gasteiger partial charge >= 0.3 is 6.03 Å². The molecule has 1 aliphatic rings. The van der Waals surface area contributed by atoms with Crippen LogP contribution in [-0.4, -0.2) is 48.9 Å². The van der Waals surface area contributed by atoms with E-state index in [0.717, 1.165) is 22.1 Å². The summed E-state index contributed by atoms with van der Waals surface area (Å²) < 4.78 is 22.7. The number of aryl methyl sites for hydroxylation is 1.